The summed E-state index contributed by atoms with van der Waals surface area (Å²) in [5, 5.41) is 0. The van der Waals surface area contributed by atoms with Crippen molar-refractivity contribution in [3.05, 3.63) is 29.3 Å². The summed E-state index contributed by atoms with van der Waals surface area (Å²) in [6.07, 6.45) is 1.75. The van der Waals surface area contributed by atoms with E-state index in [0.717, 1.165) is 24.2 Å². The molecule has 1 fully saturated rings. The van der Waals surface area contributed by atoms with Crippen LogP contribution < -0.4 is 10.5 Å². The highest BCUT2D eigenvalue weighted by atomic mass is 16.5. The molecule has 1 aromatic rings. The van der Waals surface area contributed by atoms with Gasteiger partial charge in [0.15, 0.2) is 0 Å². The van der Waals surface area contributed by atoms with Crippen molar-refractivity contribution in [1.82, 2.24) is 0 Å². The molecule has 3 nitrogen and oxygen atoms in total. The first kappa shape index (κ1) is 10.6. The van der Waals surface area contributed by atoms with E-state index in [2.05, 4.69) is 19.9 Å². The Kier molecular flexibility index (Phi) is 1.90. The molecule has 1 amide bonds. The first-order chi connectivity index (χ1) is 7.96. The largest absolute Gasteiger partial charge is 0.492 e. The van der Waals surface area contributed by atoms with Crippen molar-refractivity contribution in [2.45, 2.75) is 37.5 Å². The third-order valence-electron chi connectivity index (χ3n) is 4.07. The second-order valence-corrected chi connectivity index (χ2v) is 5.83. The number of carbonyl (C=O) groups is 1. The molecule has 3 heteroatoms. The van der Waals surface area contributed by atoms with Gasteiger partial charge in [-0.2, -0.15) is 0 Å². The number of nitrogens with two attached hydrogens (primary N) is 1. The van der Waals surface area contributed by atoms with Crippen molar-refractivity contribution in [2.24, 2.45) is 5.73 Å². The lowest BCUT2D eigenvalue weighted by Gasteiger charge is -2.18. The highest BCUT2D eigenvalue weighted by molar-refractivity contribution is 5.90. The maximum atomic E-state index is 11.5. The maximum absolute atomic E-state index is 11.5. The monoisotopic (exact) mass is 231 g/mol. The average Bonchev–Trinajstić information content (AvgIpc) is 3.02. The van der Waals surface area contributed by atoms with Crippen LogP contribution in [0.4, 0.5) is 0 Å². The summed E-state index contributed by atoms with van der Waals surface area (Å²) in [5.74, 6) is 0.744. The van der Waals surface area contributed by atoms with Crippen LogP contribution >= 0.6 is 0 Å². The van der Waals surface area contributed by atoms with Crippen LogP contribution in [0.15, 0.2) is 18.2 Å². The quantitative estimate of drug-likeness (QED) is 0.844. The predicted octanol–water partition coefficient (Wildman–Crippen LogP) is 1.87. The highest BCUT2D eigenvalue weighted by Gasteiger charge is 2.50. The number of carbonyl (C=O) groups excluding carboxylic acids is 1. The zero-order chi connectivity index (χ0) is 12.3. The molecule has 1 aliphatic heterocycles. The van der Waals surface area contributed by atoms with Gasteiger partial charge in [-0.1, -0.05) is 26.0 Å². The molecule has 1 aromatic carbocycles. The molecule has 17 heavy (non-hydrogen) atoms. The minimum absolute atomic E-state index is 0.0269. The Hall–Kier alpha value is -1.51. The molecule has 3 rings (SSSR count). The lowest BCUT2D eigenvalue weighted by Crippen LogP contribution is -2.28. The van der Waals surface area contributed by atoms with Gasteiger partial charge in [-0.15, -0.1) is 0 Å². The van der Waals surface area contributed by atoms with Crippen LogP contribution in [-0.2, 0) is 15.6 Å². The number of hydrogen-bond acceptors (Lipinski definition) is 2. The summed E-state index contributed by atoms with van der Waals surface area (Å²) >= 11 is 0. The zero-order valence-corrected chi connectivity index (χ0v) is 10.2. The van der Waals surface area contributed by atoms with Crippen molar-refractivity contribution in [3.8, 4) is 5.75 Å². The lowest BCUT2D eigenvalue weighted by molar-refractivity contribution is -0.120. The molecule has 1 aliphatic carbocycles. The van der Waals surface area contributed by atoms with Crippen LogP contribution in [0.1, 0.15) is 37.8 Å². The Labute approximate surface area is 101 Å². The SMILES string of the molecule is CC1(C)COc2ccc(C3(C(N)=O)CC3)cc21. The van der Waals surface area contributed by atoms with Gasteiger partial charge in [-0.25, -0.2) is 0 Å². The van der Waals surface area contributed by atoms with Crippen molar-refractivity contribution in [2.75, 3.05) is 6.61 Å². The van der Waals surface area contributed by atoms with Crippen molar-refractivity contribution >= 4 is 5.91 Å². The molecule has 1 heterocycles. The summed E-state index contributed by atoms with van der Waals surface area (Å²) in [6.45, 7) is 5.02. The third kappa shape index (κ3) is 1.38. The molecule has 0 unspecified atom stereocenters. The Morgan fingerprint density at radius 1 is 1.35 bits per heavy atom. The highest BCUT2D eigenvalue weighted by Crippen LogP contribution is 2.50. The molecule has 0 spiro atoms. The number of ether oxygens (including phenoxy) is 1. The van der Waals surface area contributed by atoms with Gasteiger partial charge in [0.25, 0.3) is 0 Å². The molecule has 0 bridgehead atoms. The van der Waals surface area contributed by atoms with E-state index in [9.17, 15) is 4.79 Å². The van der Waals surface area contributed by atoms with E-state index in [0.29, 0.717) is 6.61 Å². The van der Waals surface area contributed by atoms with Gasteiger partial charge < -0.3 is 10.5 Å². The van der Waals surface area contributed by atoms with E-state index >= 15 is 0 Å². The second kappa shape index (κ2) is 3.03. The van der Waals surface area contributed by atoms with Crippen LogP contribution in [-0.4, -0.2) is 12.5 Å². The first-order valence-corrected chi connectivity index (χ1v) is 6.03. The molecule has 90 valence electrons. The van der Waals surface area contributed by atoms with E-state index in [1.807, 2.05) is 12.1 Å². The number of hydrogen-bond donors (Lipinski definition) is 1. The van der Waals surface area contributed by atoms with E-state index in [1.165, 1.54) is 5.56 Å². The number of amides is 1. The molecule has 2 N–H and O–H groups in total. The Morgan fingerprint density at radius 2 is 2.06 bits per heavy atom. The Morgan fingerprint density at radius 3 is 2.65 bits per heavy atom. The third-order valence-corrected chi connectivity index (χ3v) is 4.07. The van der Waals surface area contributed by atoms with Crippen LogP contribution in [0.5, 0.6) is 5.75 Å². The van der Waals surface area contributed by atoms with Crippen LogP contribution in [0.25, 0.3) is 0 Å². The van der Waals surface area contributed by atoms with Crippen molar-refractivity contribution in [3.63, 3.8) is 0 Å². The standard InChI is InChI=1S/C14H17NO2/c1-13(2)8-17-11-4-3-9(7-10(11)13)14(5-6-14)12(15)16/h3-4,7H,5-6,8H2,1-2H3,(H2,15,16). The molecule has 2 aliphatic rings. The fraction of sp³-hybridized carbons (Fsp3) is 0.500. The second-order valence-electron chi connectivity index (χ2n) is 5.83. The smallest absolute Gasteiger partial charge is 0.228 e. The molecule has 0 radical (unpaired) electrons. The molecule has 0 atom stereocenters. The van der Waals surface area contributed by atoms with E-state index in [4.69, 9.17) is 10.5 Å². The Bertz CT molecular complexity index is 501. The van der Waals surface area contributed by atoms with Crippen molar-refractivity contribution in [1.29, 1.82) is 0 Å². The van der Waals surface area contributed by atoms with Gasteiger partial charge in [-0.05, 0) is 24.5 Å². The Balaban J connectivity index is 2.08. The number of fused-ring (bicyclic) bond motifs is 1. The van der Waals surface area contributed by atoms with Gasteiger partial charge in [-0.3, -0.25) is 4.79 Å². The van der Waals surface area contributed by atoms with E-state index in [1.54, 1.807) is 0 Å². The fourth-order valence-corrected chi connectivity index (χ4v) is 2.62. The normalized spacial score (nSPS) is 22.7. The van der Waals surface area contributed by atoms with Gasteiger partial charge in [0.1, 0.15) is 5.75 Å². The minimum atomic E-state index is -0.395. The summed E-state index contributed by atoms with van der Waals surface area (Å²) in [7, 11) is 0. The fourth-order valence-electron chi connectivity index (χ4n) is 2.62. The van der Waals surface area contributed by atoms with Crippen molar-refractivity contribution < 1.29 is 9.53 Å². The average molecular weight is 231 g/mol. The molecular weight excluding hydrogens is 214 g/mol. The van der Waals surface area contributed by atoms with Gasteiger partial charge in [0.05, 0.1) is 12.0 Å². The van der Waals surface area contributed by atoms with E-state index < -0.39 is 5.41 Å². The number of benzene rings is 1. The molecule has 0 saturated heterocycles. The van der Waals surface area contributed by atoms with Gasteiger partial charge in [0, 0.05) is 11.0 Å². The summed E-state index contributed by atoms with van der Waals surface area (Å²) in [5.41, 5.74) is 7.39. The molecule has 0 aromatic heterocycles. The van der Waals surface area contributed by atoms with Crippen LogP contribution in [0.3, 0.4) is 0 Å². The predicted molar refractivity (Wildman–Crippen MR) is 65.1 cm³/mol. The lowest BCUT2D eigenvalue weighted by atomic mass is 9.83. The number of rotatable bonds is 2. The molecular formula is C14H17NO2. The maximum Gasteiger partial charge on any atom is 0.228 e. The summed E-state index contributed by atoms with van der Waals surface area (Å²) in [6, 6.07) is 6.07. The minimum Gasteiger partial charge on any atom is -0.492 e. The topological polar surface area (TPSA) is 52.3 Å². The first-order valence-electron chi connectivity index (χ1n) is 6.03. The summed E-state index contributed by atoms with van der Waals surface area (Å²) < 4.78 is 5.65. The van der Waals surface area contributed by atoms with E-state index in [-0.39, 0.29) is 11.3 Å². The van der Waals surface area contributed by atoms with Crippen LogP contribution in [0, 0.1) is 0 Å². The van der Waals surface area contributed by atoms with Gasteiger partial charge >= 0.3 is 0 Å². The zero-order valence-electron chi connectivity index (χ0n) is 10.2. The van der Waals surface area contributed by atoms with Gasteiger partial charge in [0.2, 0.25) is 5.91 Å². The van der Waals surface area contributed by atoms with Crippen LogP contribution in [0.2, 0.25) is 0 Å². The number of primary amides is 1. The molecule has 1 saturated carbocycles. The summed E-state index contributed by atoms with van der Waals surface area (Å²) in [4.78, 5) is 11.5.